The minimum atomic E-state index is -4.14. The van der Waals surface area contributed by atoms with Crippen molar-refractivity contribution in [1.29, 1.82) is 0 Å². The molecule has 4 aromatic carbocycles. The first-order valence-corrected chi connectivity index (χ1v) is 15.1. The fourth-order valence-electron chi connectivity index (χ4n) is 4.48. The molecule has 4 aromatic rings. The van der Waals surface area contributed by atoms with Crippen LogP contribution in [0.5, 0.6) is 0 Å². The van der Waals surface area contributed by atoms with E-state index in [2.05, 4.69) is 5.32 Å². The Kier molecular flexibility index (Phi) is 10.2. The van der Waals surface area contributed by atoms with E-state index in [1.54, 1.807) is 42.5 Å². The third-order valence-corrected chi connectivity index (χ3v) is 8.58. The number of benzene rings is 4. The predicted octanol–water partition coefficient (Wildman–Crippen LogP) is 5.31. The van der Waals surface area contributed by atoms with Gasteiger partial charge in [-0.1, -0.05) is 90.5 Å². The van der Waals surface area contributed by atoms with E-state index in [1.807, 2.05) is 67.6 Å². The van der Waals surface area contributed by atoms with E-state index in [4.69, 9.17) is 11.6 Å². The molecule has 0 aliphatic heterocycles. The average Bonchev–Trinajstić information content (AvgIpc) is 2.99. The summed E-state index contributed by atoms with van der Waals surface area (Å²) in [5.74, 6) is -0.833. The predicted molar refractivity (Wildman–Crippen MR) is 162 cm³/mol. The van der Waals surface area contributed by atoms with E-state index in [-0.39, 0.29) is 29.5 Å². The molecule has 0 spiro atoms. The van der Waals surface area contributed by atoms with Crippen molar-refractivity contribution in [3.63, 3.8) is 0 Å². The number of likely N-dealkylation sites (N-methyl/N-ethyl adjacent to an activating group) is 1. The summed E-state index contributed by atoms with van der Waals surface area (Å²) in [4.78, 5) is 29.2. The van der Waals surface area contributed by atoms with E-state index >= 15 is 0 Å². The molecule has 2 amide bonds. The monoisotopic (exact) mass is 589 g/mol. The number of carbonyl (C=O) groups is 2. The van der Waals surface area contributed by atoms with Crippen LogP contribution in [-0.4, -0.2) is 44.3 Å². The molecule has 0 fully saturated rings. The maximum atomic E-state index is 14.2. The molecule has 41 heavy (non-hydrogen) atoms. The van der Waals surface area contributed by atoms with Gasteiger partial charge in [-0.25, -0.2) is 8.42 Å². The van der Waals surface area contributed by atoms with Crippen LogP contribution in [0.1, 0.15) is 18.1 Å². The highest BCUT2D eigenvalue weighted by molar-refractivity contribution is 7.92. The van der Waals surface area contributed by atoms with Crippen molar-refractivity contribution in [3.8, 4) is 0 Å². The summed E-state index contributed by atoms with van der Waals surface area (Å²) >= 11 is 6.09. The van der Waals surface area contributed by atoms with Crippen LogP contribution in [0.25, 0.3) is 0 Å². The molecule has 0 heterocycles. The summed E-state index contributed by atoms with van der Waals surface area (Å²) in [6, 6.07) is 32.1. The quantitative estimate of drug-likeness (QED) is 0.243. The number of anilines is 1. The van der Waals surface area contributed by atoms with Gasteiger partial charge >= 0.3 is 0 Å². The lowest BCUT2D eigenvalue weighted by atomic mass is 10.0. The van der Waals surface area contributed by atoms with Gasteiger partial charge in [-0.05, 0) is 54.4 Å². The highest BCUT2D eigenvalue weighted by Gasteiger charge is 2.34. The Morgan fingerprint density at radius 3 is 1.88 bits per heavy atom. The Hall–Kier alpha value is -4.14. The van der Waals surface area contributed by atoms with Gasteiger partial charge in [0, 0.05) is 24.5 Å². The fraction of sp³-hybridized carbons (Fsp3) is 0.188. The van der Waals surface area contributed by atoms with Crippen molar-refractivity contribution in [1.82, 2.24) is 10.2 Å². The molecule has 0 saturated heterocycles. The molecule has 0 aliphatic rings. The second kappa shape index (κ2) is 14.0. The number of nitrogens with zero attached hydrogens (tertiary/aromatic N) is 2. The van der Waals surface area contributed by atoms with Crippen molar-refractivity contribution >= 4 is 39.1 Å². The molecule has 0 bridgehead atoms. The molecule has 212 valence electrons. The number of nitrogens with one attached hydrogen (secondary N) is 1. The fourth-order valence-corrected chi connectivity index (χ4v) is 6.04. The number of hydrogen-bond donors (Lipinski definition) is 1. The zero-order valence-electron chi connectivity index (χ0n) is 22.7. The van der Waals surface area contributed by atoms with Gasteiger partial charge in [0.15, 0.2) is 0 Å². The van der Waals surface area contributed by atoms with Crippen LogP contribution in [0.3, 0.4) is 0 Å². The summed E-state index contributed by atoms with van der Waals surface area (Å²) < 4.78 is 28.8. The summed E-state index contributed by atoms with van der Waals surface area (Å²) in [5.41, 5.74) is 1.97. The van der Waals surface area contributed by atoms with Crippen LogP contribution < -0.4 is 9.62 Å². The zero-order valence-corrected chi connectivity index (χ0v) is 24.3. The lowest BCUT2D eigenvalue weighted by Crippen LogP contribution is -2.53. The topological polar surface area (TPSA) is 86.8 Å². The third-order valence-electron chi connectivity index (χ3n) is 6.54. The SMILES string of the molecule is CCNC(=O)[C@@H](Cc1ccccc1)N(Cc1ccccc1)C(=O)CN(c1ccc(Cl)cc1)S(=O)(=O)c1ccccc1. The summed E-state index contributed by atoms with van der Waals surface area (Å²) in [6.45, 7) is 1.80. The highest BCUT2D eigenvalue weighted by Crippen LogP contribution is 2.26. The summed E-state index contributed by atoms with van der Waals surface area (Å²) in [5, 5.41) is 3.29. The molecule has 1 atom stereocenters. The molecule has 0 radical (unpaired) electrons. The first kappa shape index (κ1) is 29.8. The normalized spacial score (nSPS) is 11.9. The minimum absolute atomic E-state index is 0.0434. The minimum Gasteiger partial charge on any atom is -0.355 e. The summed E-state index contributed by atoms with van der Waals surface area (Å²) in [7, 11) is -4.14. The third kappa shape index (κ3) is 7.74. The van der Waals surface area contributed by atoms with Gasteiger partial charge in [-0.15, -0.1) is 0 Å². The van der Waals surface area contributed by atoms with Crippen molar-refractivity contribution in [2.75, 3.05) is 17.4 Å². The van der Waals surface area contributed by atoms with E-state index in [0.717, 1.165) is 15.4 Å². The van der Waals surface area contributed by atoms with Crippen LogP contribution >= 0.6 is 11.6 Å². The Balaban J connectivity index is 1.77. The smallest absolute Gasteiger partial charge is 0.264 e. The molecule has 7 nitrogen and oxygen atoms in total. The maximum absolute atomic E-state index is 14.2. The summed E-state index contributed by atoms with van der Waals surface area (Å²) in [6.07, 6.45) is 0.262. The van der Waals surface area contributed by atoms with E-state index in [0.29, 0.717) is 11.6 Å². The number of halogens is 1. The van der Waals surface area contributed by atoms with Gasteiger partial charge in [0.25, 0.3) is 10.0 Å². The Bertz CT molecular complexity index is 1530. The molecular formula is C32H32ClN3O4S. The second-order valence-corrected chi connectivity index (χ2v) is 11.7. The number of rotatable bonds is 12. The number of carbonyl (C=O) groups excluding carboxylic acids is 2. The van der Waals surface area contributed by atoms with Crippen molar-refractivity contribution < 1.29 is 18.0 Å². The lowest BCUT2D eigenvalue weighted by molar-refractivity contribution is -0.140. The van der Waals surface area contributed by atoms with Crippen LogP contribution in [0.4, 0.5) is 5.69 Å². The Morgan fingerprint density at radius 1 is 0.780 bits per heavy atom. The van der Waals surface area contributed by atoms with Crippen LogP contribution in [-0.2, 0) is 32.6 Å². The van der Waals surface area contributed by atoms with E-state index in [1.165, 1.54) is 17.0 Å². The molecule has 0 unspecified atom stereocenters. The van der Waals surface area contributed by atoms with Gasteiger partial charge in [0.2, 0.25) is 11.8 Å². The number of amides is 2. The standard InChI is InChI=1S/C32H32ClN3O4S/c1-2-34-32(38)30(22-25-12-6-3-7-13-25)35(23-26-14-8-4-9-15-26)31(37)24-36(28-20-18-27(33)19-21-28)41(39,40)29-16-10-5-11-17-29/h3-21,30H,2,22-24H2,1H3,(H,34,38)/t30-/m1/s1. The molecule has 9 heteroatoms. The lowest BCUT2D eigenvalue weighted by Gasteiger charge is -2.33. The first-order chi connectivity index (χ1) is 19.8. The number of hydrogen-bond acceptors (Lipinski definition) is 4. The largest absolute Gasteiger partial charge is 0.355 e. The molecule has 0 aromatic heterocycles. The highest BCUT2D eigenvalue weighted by atomic mass is 35.5. The van der Waals surface area contributed by atoms with Crippen LogP contribution in [0, 0.1) is 0 Å². The first-order valence-electron chi connectivity index (χ1n) is 13.3. The molecule has 0 aliphatic carbocycles. The average molecular weight is 590 g/mol. The van der Waals surface area contributed by atoms with E-state index < -0.39 is 28.5 Å². The van der Waals surface area contributed by atoms with Gasteiger partial charge < -0.3 is 10.2 Å². The Morgan fingerprint density at radius 2 is 1.32 bits per heavy atom. The van der Waals surface area contributed by atoms with E-state index in [9.17, 15) is 18.0 Å². The Labute approximate surface area is 246 Å². The van der Waals surface area contributed by atoms with Gasteiger partial charge in [0.1, 0.15) is 12.6 Å². The molecular weight excluding hydrogens is 558 g/mol. The van der Waals surface area contributed by atoms with Crippen molar-refractivity contribution in [3.05, 3.63) is 131 Å². The van der Waals surface area contributed by atoms with Gasteiger partial charge in [0.05, 0.1) is 10.6 Å². The zero-order chi connectivity index (χ0) is 29.2. The second-order valence-electron chi connectivity index (χ2n) is 9.41. The van der Waals surface area contributed by atoms with Gasteiger partial charge in [-0.3, -0.25) is 13.9 Å². The van der Waals surface area contributed by atoms with Crippen LogP contribution in [0.2, 0.25) is 5.02 Å². The molecule has 1 N–H and O–H groups in total. The molecule has 0 saturated carbocycles. The maximum Gasteiger partial charge on any atom is 0.264 e. The molecule has 4 rings (SSSR count). The van der Waals surface area contributed by atoms with Crippen molar-refractivity contribution in [2.45, 2.75) is 30.8 Å². The van der Waals surface area contributed by atoms with Crippen molar-refractivity contribution in [2.24, 2.45) is 0 Å². The number of sulfonamides is 1. The van der Waals surface area contributed by atoms with Crippen LogP contribution in [0.15, 0.2) is 120 Å². The van der Waals surface area contributed by atoms with Gasteiger partial charge in [-0.2, -0.15) is 0 Å².